The van der Waals surface area contributed by atoms with Crippen molar-refractivity contribution < 1.29 is 4.21 Å². The first-order chi connectivity index (χ1) is 8.77. The van der Waals surface area contributed by atoms with Crippen LogP contribution in [0.25, 0.3) is 0 Å². The lowest BCUT2D eigenvalue weighted by Gasteiger charge is -2.05. The number of anilines is 1. The minimum absolute atomic E-state index is 0.612. The van der Waals surface area contributed by atoms with Crippen LogP contribution in [0.2, 0.25) is 0 Å². The molecule has 2 nitrogen and oxygen atoms in total. The van der Waals surface area contributed by atoms with E-state index in [0.29, 0.717) is 11.4 Å². The van der Waals surface area contributed by atoms with Crippen molar-refractivity contribution in [2.24, 2.45) is 0 Å². The molecule has 0 spiro atoms. The Morgan fingerprint density at radius 2 is 1.67 bits per heavy atom. The summed E-state index contributed by atoms with van der Waals surface area (Å²) in [7, 11) is -1.01. The van der Waals surface area contributed by atoms with Crippen LogP contribution in [0.4, 0.5) is 5.69 Å². The monoisotopic (exact) mass is 277 g/mol. The number of hydrogen-bond donors (Lipinski definition) is 1. The highest BCUT2D eigenvalue weighted by atomic mass is 32.2. The zero-order valence-corrected chi connectivity index (χ0v) is 11.5. The fourth-order valence-electron chi connectivity index (χ4n) is 1.55. The smallest absolute Gasteiger partial charge is 0.0617 e. The van der Waals surface area contributed by atoms with Gasteiger partial charge in [-0.3, -0.25) is 4.21 Å². The lowest BCUT2D eigenvalue weighted by Crippen LogP contribution is -2.03. The third kappa shape index (κ3) is 3.62. The van der Waals surface area contributed by atoms with Crippen LogP contribution >= 0.6 is 11.8 Å². The minimum Gasteiger partial charge on any atom is -0.398 e. The maximum Gasteiger partial charge on any atom is 0.0617 e. The highest BCUT2D eigenvalue weighted by Gasteiger charge is 2.06. The first-order valence-corrected chi connectivity index (χ1v) is 7.98. The van der Waals surface area contributed by atoms with E-state index in [1.165, 1.54) is 4.90 Å². The number of nitrogens with two attached hydrogens (primary N) is 1. The third-order valence-corrected chi connectivity index (χ3v) is 5.15. The second-order valence-electron chi connectivity index (χ2n) is 3.75. The van der Waals surface area contributed by atoms with Crippen LogP contribution in [-0.2, 0) is 10.8 Å². The van der Waals surface area contributed by atoms with Crippen molar-refractivity contribution in [1.82, 2.24) is 0 Å². The molecule has 0 heterocycles. The Morgan fingerprint density at radius 3 is 2.39 bits per heavy atom. The fraction of sp³-hybridized carbons (Fsp3) is 0.143. The van der Waals surface area contributed by atoms with Crippen molar-refractivity contribution in [1.29, 1.82) is 0 Å². The van der Waals surface area contributed by atoms with Crippen LogP contribution in [0.15, 0.2) is 64.4 Å². The second kappa shape index (κ2) is 6.61. The molecule has 2 N–H and O–H groups in total. The summed E-state index contributed by atoms with van der Waals surface area (Å²) in [6.07, 6.45) is 0. The predicted octanol–water partition coefficient (Wildman–Crippen LogP) is 3.17. The molecule has 0 amide bonds. The summed E-state index contributed by atoms with van der Waals surface area (Å²) in [6.45, 7) is 0. The quantitative estimate of drug-likeness (QED) is 0.674. The predicted molar refractivity (Wildman–Crippen MR) is 79.3 cm³/mol. The highest BCUT2D eigenvalue weighted by molar-refractivity contribution is 8.00. The van der Waals surface area contributed by atoms with E-state index >= 15 is 0 Å². The summed E-state index contributed by atoms with van der Waals surface area (Å²) >= 11 is 1.72. The van der Waals surface area contributed by atoms with Crippen molar-refractivity contribution in [2.45, 2.75) is 9.79 Å². The minimum atomic E-state index is -1.01. The first-order valence-electron chi connectivity index (χ1n) is 5.68. The van der Waals surface area contributed by atoms with Gasteiger partial charge in [0, 0.05) is 22.1 Å². The van der Waals surface area contributed by atoms with Gasteiger partial charge in [-0.2, -0.15) is 0 Å². The molecule has 2 aromatic carbocycles. The molecule has 2 aromatic rings. The zero-order chi connectivity index (χ0) is 12.8. The maximum atomic E-state index is 12.1. The van der Waals surface area contributed by atoms with Gasteiger partial charge in [-0.1, -0.05) is 30.3 Å². The average molecular weight is 277 g/mol. The van der Waals surface area contributed by atoms with E-state index < -0.39 is 10.8 Å². The Morgan fingerprint density at radius 1 is 1.00 bits per heavy atom. The van der Waals surface area contributed by atoms with Gasteiger partial charge in [0.25, 0.3) is 0 Å². The Kier molecular flexibility index (Phi) is 4.84. The van der Waals surface area contributed by atoms with Crippen LogP contribution in [0.1, 0.15) is 0 Å². The molecule has 0 aliphatic heterocycles. The van der Waals surface area contributed by atoms with Crippen LogP contribution in [0.3, 0.4) is 0 Å². The van der Waals surface area contributed by atoms with E-state index in [1.54, 1.807) is 17.8 Å². The standard InChI is InChI=1S/C14H15NOS2/c15-13-8-4-5-9-14(13)18(16)11-10-17-12-6-2-1-3-7-12/h1-9H,10-11,15H2. The zero-order valence-electron chi connectivity index (χ0n) is 9.91. The Bertz CT molecular complexity index is 528. The molecule has 4 heteroatoms. The summed E-state index contributed by atoms with van der Waals surface area (Å²) in [5, 5.41) is 0. The summed E-state index contributed by atoms with van der Waals surface area (Å²) in [5.74, 6) is 1.44. The highest BCUT2D eigenvalue weighted by Crippen LogP contribution is 2.20. The van der Waals surface area contributed by atoms with E-state index in [9.17, 15) is 4.21 Å². The molecule has 1 unspecified atom stereocenters. The molecule has 0 bridgehead atoms. The second-order valence-corrected chi connectivity index (χ2v) is 6.46. The Balaban J connectivity index is 1.88. The van der Waals surface area contributed by atoms with Gasteiger partial charge in [0.15, 0.2) is 0 Å². The molecule has 0 radical (unpaired) electrons. The van der Waals surface area contributed by atoms with Gasteiger partial charge in [0.05, 0.1) is 15.7 Å². The van der Waals surface area contributed by atoms with E-state index in [1.807, 2.05) is 36.4 Å². The number of hydrogen-bond acceptors (Lipinski definition) is 3. The van der Waals surface area contributed by atoms with Gasteiger partial charge in [0.1, 0.15) is 0 Å². The molecule has 0 aliphatic carbocycles. The molecular formula is C14H15NOS2. The summed E-state index contributed by atoms with van der Waals surface area (Å²) in [4.78, 5) is 1.95. The lowest BCUT2D eigenvalue weighted by atomic mass is 10.3. The molecule has 2 rings (SSSR count). The van der Waals surface area contributed by atoms with Crippen molar-refractivity contribution in [3.63, 3.8) is 0 Å². The topological polar surface area (TPSA) is 43.1 Å². The number of rotatable bonds is 5. The van der Waals surface area contributed by atoms with Crippen molar-refractivity contribution >= 4 is 28.2 Å². The third-order valence-electron chi connectivity index (χ3n) is 2.44. The number of para-hydroxylation sites is 1. The van der Waals surface area contributed by atoms with Crippen LogP contribution in [0, 0.1) is 0 Å². The number of nitrogen functional groups attached to an aromatic ring is 1. The van der Waals surface area contributed by atoms with Gasteiger partial charge in [-0.15, -0.1) is 11.8 Å². The summed E-state index contributed by atoms with van der Waals surface area (Å²) in [5.41, 5.74) is 6.42. The molecule has 0 fully saturated rings. The molecule has 94 valence electrons. The molecule has 18 heavy (non-hydrogen) atoms. The van der Waals surface area contributed by atoms with Crippen LogP contribution in [-0.4, -0.2) is 15.7 Å². The van der Waals surface area contributed by atoms with Gasteiger partial charge in [-0.25, -0.2) is 0 Å². The van der Waals surface area contributed by atoms with Crippen LogP contribution < -0.4 is 5.73 Å². The molecule has 0 saturated carbocycles. The van der Waals surface area contributed by atoms with E-state index in [4.69, 9.17) is 5.73 Å². The normalized spacial score (nSPS) is 12.2. The van der Waals surface area contributed by atoms with Gasteiger partial charge >= 0.3 is 0 Å². The molecular weight excluding hydrogens is 262 g/mol. The van der Waals surface area contributed by atoms with Crippen molar-refractivity contribution in [3.8, 4) is 0 Å². The fourth-order valence-corrected chi connectivity index (χ4v) is 3.86. The Hall–Kier alpha value is -1.26. The molecule has 1 atom stereocenters. The molecule has 0 aliphatic rings. The van der Waals surface area contributed by atoms with Gasteiger partial charge in [0.2, 0.25) is 0 Å². The Labute approximate surface area is 114 Å². The molecule has 0 aromatic heterocycles. The molecule has 0 saturated heterocycles. The number of thioether (sulfide) groups is 1. The summed E-state index contributed by atoms with van der Waals surface area (Å²) < 4.78 is 12.1. The average Bonchev–Trinajstić information content (AvgIpc) is 2.40. The SMILES string of the molecule is Nc1ccccc1S(=O)CCSc1ccccc1. The lowest BCUT2D eigenvalue weighted by molar-refractivity contribution is 0.684. The summed E-state index contributed by atoms with van der Waals surface area (Å²) in [6, 6.07) is 17.5. The van der Waals surface area contributed by atoms with E-state index in [0.717, 1.165) is 10.6 Å². The van der Waals surface area contributed by atoms with Crippen molar-refractivity contribution in [3.05, 3.63) is 54.6 Å². The van der Waals surface area contributed by atoms with E-state index in [2.05, 4.69) is 12.1 Å². The first kappa shape index (κ1) is 13.2. The van der Waals surface area contributed by atoms with E-state index in [-0.39, 0.29) is 0 Å². The largest absolute Gasteiger partial charge is 0.398 e. The van der Waals surface area contributed by atoms with Gasteiger partial charge in [-0.05, 0) is 24.3 Å². The van der Waals surface area contributed by atoms with Gasteiger partial charge < -0.3 is 5.73 Å². The van der Waals surface area contributed by atoms with Crippen molar-refractivity contribution in [2.75, 3.05) is 17.2 Å². The number of benzene rings is 2. The van der Waals surface area contributed by atoms with Crippen LogP contribution in [0.5, 0.6) is 0 Å². The maximum absolute atomic E-state index is 12.1.